The third-order valence-electron chi connectivity index (χ3n) is 4.60. The van der Waals surface area contributed by atoms with E-state index in [9.17, 15) is 8.42 Å². The average Bonchev–Trinajstić information content (AvgIpc) is 3.16. The molecule has 1 aromatic heterocycles. The molecule has 0 fully saturated rings. The quantitative estimate of drug-likeness (QED) is 0.784. The highest BCUT2D eigenvalue weighted by Gasteiger charge is 2.28. The Morgan fingerprint density at radius 3 is 3.08 bits per heavy atom. The largest absolute Gasteiger partial charge is 0.295 e. The van der Waals surface area contributed by atoms with Crippen molar-refractivity contribution >= 4 is 50.8 Å². The fourth-order valence-corrected chi connectivity index (χ4v) is 4.57. The summed E-state index contributed by atoms with van der Waals surface area (Å²) in [6.07, 6.45) is 10.6. The van der Waals surface area contributed by atoms with Crippen LogP contribution in [0, 0.1) is 0 Å². The zero-order chi connectivity index (χ0) is 17.9. The summed E-state index contributed by atoms with van der Waals surface area (Å²) in [6, 6.07) is 5.26. The van der Waals surface area contributed by atoms with Gasteiger partial charge in [-0.25, -0.2) is 13.4 Å². The second-order valence-electron chi connectivity index (χ2n) is 6.25. The highest BCUT2D eigenvalue weighted by atomic mass is 32.2. The molecular weight excluding hydrogens is 350 g/mol. The third-order valence-corrected chi connectivity index (χ3v) is 6.50. The van der Waals surface area contributed by atoms with E-state index in [4.69, 9.17) is 0 Å². The molecule has 1 aromatic carbocycles. The van der Waals surface area contributed by atoms with Gasteiger partial charge in [0.1, 0.15) is 12.1 Å². The molecule has 0 amide bonds. The molecule has 0 saturated carbocycles. The lowest BCUT2D eigenvalue weighted by Crippen LogP contribution is -2.33. The van der Waals surface area contributed by atoms with Gasteiger partial charge in [-0.1, -0.05) is 4.68 Å². The van der Waals surface area contributed by atoms with E-state index in [0.29, 0.717) is 32.0 Å². The molecule has 2 aromatic rings. The summed E-state index contributed by atoms with van der Waals surface area (Å²) in [4.78, 5) is 14.0. The van der Waals surface area contributed by atoms with Gasteiger partial charge in [0, 0.05) is 22.6 Å². The van der Waals surface area contributed by atoms with Crippen LogP contribution in [0.4, 0.5) is 5.69 Å². The second-order valence-corrected chi connectivity index (χ2v) is 8.34. The second kappa shape index (κ2) is 5.18. The number of benzene rings is 1. The lowest BCUT2D eigenvalue weighted by Gasteiger charge is -2.07. The third kappa shape index (κ3) is 2.15. The Balaban J connectivity index is 1.67. The van der Waals surface area contributed by atoms with Crippen LogP contribution in [0.1, 0.15) is 12.5 Å². The number of hydrazine groups is 1. The normalized spacial score (nSPS) is 23.6. The molecule has 8 heteroatoms. The number of pyridine rings is 1. The maximum Gasteiger partial charge on any atom is 0.295 e. The van der Waals surface area contributed by atoms with E-state index >= 15 is 0 Å². The van der Waals surface area contributed by atoms with Crippen LogP contribution in [0.25, 0.3) is 17.0 Å². The van der Waals surface area contributed by atoms with Crippen LogP contribution in [-0.2, 0) is 9.84 Å². The fourth-order valence-electron chi connectivity index (χ4n) is 3.24. The molecule has 5 rings (SSSR count). The summed E-state index contributed by atoms with van der Waals surface area (Å²) in [5, 5.41) is 0.708. The number of nitrogens with zero attached hydrogens (tertiary/aromatic N) is 4. The van der Waals surface area contributed by atoms with Gasteiger partial charge in [-0.05, 0) is 42.8 Å². The lowest BCUT2D eigenvalue weighted by atomic mass is 10.1. The molecule has 128 valence electrons. The van der Waals surface area contributed by atoms with Crippen molar-refractivity contribution in [3.63, 3.8) is 0 Å². The van der Waals surface area contributed by atoms with E-state index in [1.165, 1.54) is 0 Å². The molecule has 1 N–H and O–H groups in total. The van der Waals surface area contributed by atoms with Crippen molar-refractivity contribution < 1.29 is 13.1 Å². The molecule has 3 aliphatic heterocycles. The van der Waals surface area contributed by atoms with Crippen LogP contribution in [-0.4, -0.2) is 42.5 Å². The Labute approximate surface area is 149 Å². The van der Waals surface area contributed by atoms with Crippen LogP contribution in [0.15, 0.2) is 56.3 Å². The lowest BCUT2D eigenvalue weighted by molar-refractivity contribution is -0.578. The number of aromatic nitrogens is 1. The number of nitrogens with one attached hydrogen (secondary N) is 1. The first kappa shape index (κ1) is 15.2. The van der Waals surface area contributed by atoms with Crippen molar-refractivity contribution in [2.75, 3.05) is 0 Å². The van der Waals surface area contributed by atoms with Crippen LogP contribution >= 0.6 is 0 Å². The Morgan fingerprint density at radius 2 is 2.19 bits per heavy atom. The number of hydrazone groups is 1. The van der Waals surface area contributed by atoms with Gasteiger partial charge in [0.25, 0.3) is 6.17 Å². The minimum Gasteiger partial charge on any atom is -0.256 e. The molecule has 1 atom stereocenters. The topological polar surface area (TPSA) is 86.8 Å². The molecule has 0 spiro atoms. The monoisotopic (exact) mass is 364 g/mol. The highest BCUT2D eigenvalue weighted by Crippen LogP contribution is 2.37. The van der Waals surface area contributed by atoms with E-state index in [1.807, 2.05) is 23.1 Å². The SMILES string of the molecule is CC1=Cc2cc3nccc(N=C4C=CC5N=CN[N+]5=C4)c3cc2S1(=O)=O. The number of rotatable bonds is 1. The first-order chi connectivity index (χ1) is 12.5. The first-order valence-corrected chi connectivity index (χ1v) is 9.55. The maximum atomic E-state index is 12.5. The molecule has 0 aliphatic carbocycles. The summed E-state index contributed by atoms with van der Waals surface area (Å²) < 4.78 is 26.8. The van der Waals surface area contributed by atoms with Gasteiger partial charge in [-0.3, -0.25) is 4.98 Å². The molecule has 3 aliphatic rings. The van der Waals surface area contributed by atoms with Crippen molar-refractivity contribution in [2.45, 2.75) is 18.0 Å². The van der Waals surface area contributed by atoms with Crippen LogP contribution in [0.5, 0.6) is 0 Å². The summed E-state index contributed by atoms with van der Waals surface area (Å²) >= 11 is 0. The van der Waals surface area contributed by atoms with E-state index in [0.717, 1.165) is 5.71 Å². The van der Waals surface area contributed by atoms with E-state index in [1.54, 1.807) is 43.7 Å². The van der Waals surface area contributed by atoms with Gasteiger partial charge in [0.05, 0.1) is 16.1 Å². The zero-order valence-electron chi connectivity index (χ0n) is 13.8. The van der Waals surface area contributed by atoms with Crippen molar-refractivity contribution in [3.8, 4) is 0 Å². The van der Waals surface area contributed by atoms with Gasteiger partial charge >= 0.3 is 0 Å². The first-order valence-electron chi connectivity index (χ1n) is 8.06. The summed E-state index contributed by atoms with van der Waals surface area (Å²) in [5.74, 6) is 0. The van der Waals surface area contributed by atoms with Crippen LogP contribution in [0.3, 0.4) is 0 Å². The van der Waals surface area contributed by atoms with Crippen LogP contribution in [0.2, 0.25) is 0 Å². The number of allylic oxidation sites excluding steroid dienone is 2. The van der Waals surface area contributed by atoms with Crippen molar-refractivity contribution in [1.29, 1.82) is 0 Å². The average molecular weight is 364 g/mol. The minimum absolute atomic E-state index is 0.0504. The molecule has 1 unspecified atom stereocenters. The zero-order valence-corrected chi connectivity index (χ0v) is 14.6. The van der Waals surface area contributed by atoms with E-state index in [-0.39, 0.29) is 6.17 Å². The molecule has 0 radical (unpaired) electrons. The van der Waals surface area contributed by atoms with Crippen molar-refractivity contribution in [1.82, 2.24) is 10.4 Å². The molecule has 7 nitrogen and oxygen atoms in total. The molecular formula is C18H14N5O2S+. The smallest absolute Gasteiger partial charge is 0.256 e. The van der Waals surface area contributed by atoms with E-state index < -0.39 is 9.84 Å². The summed E-state index contributed by atoms with van der Waals surface area (Å²) in [6.45, 7) is 1.61. The number of hydrogen-bond acceptors (Lipinski definition) is 6. The van der Waals surface area contributed by atoms with Gasteiger partial charge in [-0.15, -0.1) is 0 Å². The predicted molar refractivity (Wildman–Crippen MR) is 101 cm³/mol. The molecule has 4 heterocycles. The molecule has 0 saturated heterocycles. The van der Waals surface area contributed by atoms with Gasteiger partial charge in [0.2, 0.25) is 16.1 Å². The standard InChI is InChI=1S/C18H14N5O2S/c1-11-6-12-7-16-14(8-17(12)26(11,24)25)15(4-5-19-16)22-13-2-3-18-20-10-21-23(18)9-13/h2-10,18H,1H3,(H,20,21)/q+1. The number of aliphatic imine (C=N–C) groups is 2. The van der Waals surface area contributed by atoms with E-state index in [2.05, 4.69) is 20.4 Å². The Bertz CT molecular complexity index is 1240. The summed E-state index contributed by atoms with van der Waals surface area (Å²) in [5.41, 5.74) is 5.82. The Hall–Kier alpha value is -3.13. The van der Waals surface area contributed by atoms with Crippen molar-refractivity contribution in [3.05, 3.63) is 47.0 Å². The molecule has 0 bridgehead atoms. The number of fused-ring (bicyclic) bond motifs is 3. The Morgan fingerprint density at radius 1 is 1.31 bits per heavy atom. The highest BCUT2D eigenvalue weighted by molar-refractivity contribution is 7.95. The summed E-state index contributed by atoms with van der Waals surface area (Å²) in [7, 11) is -3.41. The molecule has 26 heavy (non-hydrogen) atoms. The van der Waals surface area contributed by atoms with Gasteiger partial charge in [0.15, 0.2) is 0 Å². The van der Waals surface area contributed by atoms with Gasteiger partial charge < -0.3 is 0 Å². The number of sulfone groups is 1. The minimum atomic E-state index is -3.41. The predicted octanol–water partition coefficient (Wildman–Crippen LogP) is 1.98. The van der Waals surface area contributed by atoms with Crippen LogP contribution < -0.4 is 5.43 Å². The van der Waals surface area contributed by atoms with Crippen molar-refractivity contribution in [2.24, 2.45) is 9.98 Å². The van der Waals surface area contributed by atoms with Gasteiger partial charge in [-0.2, -0.15) is 10.4 Å². The number of hydrogen-bond donors (Lipinski definition) is 1. The maximum absolute atomic E-state index is 12.5. The fraction of sp³-hybridized carbons (Fsp3) is 0.111. The Kier molecular flexibility index (Phi) is 3.02.